The van der Waals surface area contributed by atoms with Crippen LogP contribution in [-0.4, -0.2) is 28.1 Å². The fourth-order valence-electron chi connectivity index (χ4n) is 1.92. The van der Waals surface area contributed by atoms with E-state index in [1.165, 1.54) is 10.7 Å². The molecule has 0 amide bonds. The number of aromatic nitrogens is 3. The van der Waals surface area contributed by atoms with Crippen LogP contribution in [0.5, 0.6) is 0 Å². The zero-order chi connectivity index (χ0) is 12.5. The Morgan fingerprint density at radius 1 is 1.33 bits per heavy atom. The lowest BCUT2D eigenvalue weighted by Gasteiger charge is -2.24. The fourth-order valence-corrected chi connectivity index (χ4v) is 1.92. The average Bonchev–Trinajstić information content (AvgIpc) is 2.71. The molecule has 1 aliphatic heterocycles. The number of hydrogen-bond donors (Lipinski definition) is 1. The van der Waals surface area contributed by atoms with Gasteiger partial charge in [0.05, 0.1) is 12.2 Å². The van der Waals surface area contributed by atoms with Crippen molar-refractivity contribution in [1.82, 2.24) is 20.3 Å². The van der Waals surface area contributed by atoms with Crippen LogP contribution in [0, 0.1) is 11.6 Å². The highest BCUT2D eigenvalue weighted by atomic mass is 19.2. The SMILES string of the molecule is Fc1cccc(Cn2cc(C3CNC3)nn2)c1F. The van der Waals surface area contributed by atoms with Gasteiger partial charge in [0.25, 0.3) is 0 Å². The van der Waals surface area contributed by atoms with Crippen molar-refractivity contribution in [3.63, 3.8) is 0 Å². The molecule has 94 valence electrons. The highest BCUT2D eigenvalue weighted by Crippen LogP contribution is 2.17. The quantitative estimate of drug-likeness (QED) is 0.892. The molecule has 6 heteroatoms. The Morgan fingerprint density at radius 3 is 2.89 bits per heavy atom. The zero-order valence-electron chi connectivity index (χ0n) is 9.61. The molecular weight excluding hydrogens is 238 g/mol. The molecule has 1 aliphatic rings. The predicted molar refractivity (Wildman–Crippen MR) is 61.1 cm³/mol. The summed E-state index contributed by atoms with van der Waals surface area (Å²) in [5.74, 6) is -1.27. The topological polar surface area (TPSA) is 42.7 Å². The first-order valence-electron chi connectivity index (χ1n) is 5.77. The highest BCUT2D eigenvalue weighted by Gasteiger charge is 2.22. The summed E-state index contributed by atoms with van der Waals surface area (Å²) >= 11 is 0. The Balaban J connectivity index is 1.79. The van der Waals surface area contributed by atoms with E-state index in [-0.39, 0.29) is 12.1 Å². The number of rotatable bonds is 3. The third-order valence-electron chi connectivity index (χ3n) is 3.12. The van der Waals surface area contributed by atoms with Crippen LogP contribution < -0.4 is 5.32 Å². The molecule has 1 saturated heterocycles. The van der Waals surface area contributed by atoms with Crippen LogP contribution in [0.1, 0.15) is 17.2 Å². The van der Waals surface area contributed by atoms with Crippen LogP contribution in [0.25, 0.3) is 0 Å². The second-order valence-electron chi connectivity index (χ2n) is 4.41. The summed E-state index contributed by atoms with van der Waals surface area (Å²) in [4.78, 5) is 0. The van der Waals surface area contributed by atoms with Crippen molar-refractivity contribution < 1.29 is 8.78 Å². The molecule has 0 saturated carbocycles. The molecule has 4 nitrogen and oxygen atoms in total. The molecule has 3 rings (SSSR count). The van der Waals surface area contributed by atoms with E-state index in [1.807, 2.05) is 0 Å². The van der Waals surface area contributed by atoms with Crippen molar-refractivity contribution in [2.24, 2.45) is 0 Å². The van der Waals surface area contributed by atoms with Gasteiger partial charge in [-0.25, -0.2) is 13.5 Å². The smallest absolute Gasteiger partial charge is 0.163 e. The van der Waals surface area contributed by atoms with Gasteiger partial charge in [-0.05, 0) is 6.07 Å². The first-order valence-corrected chi connectivity index (χ1v) is 5.77. The van der Waals surface area contributed by atoms with Crippen LogP contribution in [0.3, 0.4) is 0 Å². The minimum Gasteiger partial charge on any atom is -0.315 e. The lowest BCUT2D eigenvalue weighted by Crippen LogP contribution is -2.40. The van der Waals surface area contributed by atoms with Gasteiger partial charge in [0.15, 0.2) is 11.6 Å². The molecule has 0 bridgehead atoms. The maximum absolute atomic E-state index is 13.5. The zero-order valence-corrected chi connectivity index (χ0v) is 9.61. The summed E-state index contributed by atoms with van der Waals surface area (Å²) in [5.41, 5.74) is 1.17. The molecule has 2 heterocycles. The highest BCUT2D eigenvalue weighted by molar-refractivity contribution is 5.19. The van der Waals surface area contributed by atoms with Crippen molar-refractivity contribution in [1.29, 1.82) is 0 Å². The van der Waals surface area contributed by atoms with E-state index in [9.17, 15) is 8.78 Å². The number of nitrogens with one attached hydrogen (secondary N) is 1. The van der Waals surface area contributed by atoms with E-state index < -0.39 is 11.6 Å². The third-order valence-corrected chi connectivity index (χ3v) is 3.12. The van der Waals surface area contributed by atoms with Crippen molar-refractivity contribution in [2.75, 3.05) is 13.1 Å². The molecule has 1 fully saturated rings. The Bertz CT molecular complexity index is 563. The van der Waals surface area contributed by atoms with Crippen LogP contribution in [0.4, 0.5) is 8.78 Å². The van der Waals surface area contributed by atoms with Crippen molar-refractivity contribution in [3.05, 3.63) is 47.3 Å². The standard InChI is InChI=1S/C12H12F2N4/c13-10-3-1-2-8(12(10)14)6-18-7-11(16-17-18)9-4-15-5-9/h1-3,7,9,15H,4-6H2. The van der Waals surface area contributed by atoms with Crippen molar-refractivity contribution >= 4 is 0 Å². The summed E-state index contributed by atoms with van der Waals surface area (Å²) in [6.45, 7) is 1.98. The van der Waals surface area contributed by atoms with Gasteiger partial charge in [0.2, 0.25) is 0 Å². The molecule has 0 atom stereocenters. The van der Waals surface area contributed by atoms with E-state index in [0.717, 1.165) is 24.8 Å². The Morgan fingerprint density at radius 2 is 2.17 bits per heavy atom. The van der Waals surface area contributed by atoms with Gasteiger partial charge in [0, 0.05) is 30.8 Å². The van der Waals surface area contributed by atoms with Gasteiger partial charge in [-0.3, -0.25) is 0 Å². The van der Waals surface area contributed by atoms with Gasteiger partial charge in [-0.15, -0.1) is 5.10 Å². The normalized spacial score (nSPS) is 15.7. The molecular formula is C12H12F2N4. The van der Waals surface area contributed by atoms with Gasteiger partial charge in [-0.1, -0.05) is 17.3 Å². The lowest BCUT2D eigenvalue weighted by molar-refractivity contribution is 0.439. The lowest BCUT2D eigenvalue weighted by atomic mass is 10.0. The summed E-state index contributed by atoms with van der Waals surface area (Å²) in [6.07, 6.45) is 1.79. The van der Waals surface area contributed by atoms with Crippen molar-refractivity contribution in [3.8, 4) is 0 Å². The number of nitrogens with zero attached hydrogens (tertiary/aromatic N) is 3. The molecule has 2 aromatic rings. The third kappa shape index (κ3) is 1.99. The number of hydrogen-bond acceptors (Lipinski definition) is 3. The fraction of sp³-hybridized carbons (Fsp3) is 0.333. The largest absolute Gasteiger partial charge is 0.315 e. The van der Waals surface area contributed by atoms with Gasteiger partial charge in [0.1, 0.15) is 0 Å². The number of benzene rings is 1. The average molecular weight is 250 g/mol. The van der Waals surface area contributed by atoms with Crippen LogP contribution in [0.15, 0.2) is 24.4 Å². The monoisotopic (exact) mass is 250 g/mol. The molecule has 0 unspecified atom stereocenters. The molecule has 18 heavy (non-hydrogen) atoms. The maximum Gasteiger partial charge on any atom is 0.163 e. The number of halogens is 2. The summed E-state index contributed by atoms with van der Waals surface area (Å²) < 4.78 is 28.1. The first kappa shape index (κ1) is 11.3. The molecule has 0 aliphatic carbocycles. The molecule has 0 radical (unpaired) electrons. The maximum atomic E-state index is 13.5. The summed E-state index contributed by atoms with van der Waals surface area (Å²) in [7, 11) is 0. The van der Waals surface area contributed by atoms with E-state index in [0.29, 0.717) is 5.92 Å². The minimum atomic E-state index is -0.837. The van der Waals surface area contributed by atoms with Crippen LogP contribution in [0.2, 0.25) is 0 Å². The second-order valence-corrected chi connectivity index (χ2v) is 4.41. The van der Waals surface area contributed by atoms with E-state index in [2.05, 4.69) is 15.6 Å². The molecule has 0 spiro atoms. The Kier molecular flexibility index (Phi) is 2.79. The van der Waals surface area contributed by atoms with E-state index in [1.54, 1.807) is 12.3 Å². The van der Waals surface area contributed by atoms with Gasteiger partial charge >= 0.3 is 0 Å². The van der Waals surface area contributed by atoms with Crippen LogP contribution in [-0.2, 0) is 6.54 Å². The van der Waals surface area contributed by atoms with Gasteiger partial charge < -0.3 is 5.32 Å². The van der Waals surface area contributed by atoms with Crippen molar-refractivity contribution in [2.45, 2.75) is 12.5 Å². The first-order chi connectivity index (χ1) is 8.74. The molecule has 1 aromatic carbocycles. The summed E-state index contributed by atoms with van der Waals surface area (Å²) in [6, 6.07) is 4.14. The molecule has 1 aromatic heterocycles. The van der Waals surface area contributed by atoms with E-state index in [4.69, 9.17) is 0 Å². The second kappa shape index (κ2) is 4.45. The predicted octanol–water partition coefficient (Wildman–Crippen LogP) is 1.29. The van der Waals surface area contributed by atoms with Gasteiger partial charge in [-0.2, -0.15) is 0 Å². The Hall–Kier alpha value is -1.82. The Labute approximate surface area is 103 Å². The van der Waals surface area contributed by atoms with Crippen LogP contribution >= 0.6 is 0 Å². The van der Waals surface area contributed by atoms with E-state index >= 15 is 0 Å². The molecule has 1 N–H and O–H groups in total. The summed E-state index contributed by atoms with van der Waals surface area (Å²) in [5, 5.41) is 11.1. The minimum absolute atomic E-state index is 0.191.